The van der Waals surface area contributed by atoms with Gasteiger partial charge in [-0.15, -0.1) is 0 Å². The summed E-state index contributed by atoms with van der Waals surface area (Å²) in [7, 11) is -3.82. The normalized spacial score (nSPS) is 15.9. The predicted octanol–water partition coefficient (Wildman–Crippen LogP) is 2.52. The number of piperazine rings is 1. The van der Waals surface area contributed by atoms with Gasteiger partial charge in [-0.05, 0) is 30.2 Å². The van der Waals surface area contributed by atoms with E-state index in [4.69, 9.17) is 4.42 Å². The number of nitro groups is 1. The monoisotopic (exact) mass is 443 g/mol. The lowest BCUT2D eigenvalue weighted by Crippen LogP contribution is -2.48. The summed E-state index contributed by atoms with van der Waals surface area (Å²) in [6.07, 6.45) is 0. The quantitative estimate of drug-likeness (QED) is 0.338. The predicted molar refractivity (Wildman–Crippen MR) is 114 cm³/mol. The Labute approximate surface area is 178 Å². The van der Waals surface area contributed by atoms with Crippen molar-refractivity contribution in [1.82, 2.24) is 9.21 Å². The van der Waals surface area contributed by atoms with Crippen LogP contribution in [0.5, 0.6) is 0 Å². The van der Waals surface area contributed by atoms with E-state index in [2.05, 4.69) is 4.90 Å². The molecule has 1 fully saturated rings. The number of nitrogens with zero attached hydrogens (tertiary/aromatic N) is 3. The summed E-state index contributed by atoms with van der Waals surface area (Å²) in [5.74, 6) is 0. The highest BCUT2D eigenvalue weighted by molar-refractivity contribution is 7.89. The second-order valence-electron chi connectivity index (χ2n) is 7.52. The third-order valence-corrected chi connectivity index (χ3v) is 7.27. The number of benzene rings is 2. The van der Waals surface area contributed by atoms with Crippen molar-refractivity contribution in [1.29, 1.82) is 0 Å². The minimum Gasteiger partial charge on any atom is -0.423 e. The maximum atomic E-state index is 12.9. The molecule has 0 atom stereocenters. The molecule has 1 aliphatic rings. The molecule has 4 rings (SSSR count). The molecule has 31 heavy (non-hydrogen) atoms. The van der Waals surface area contributed by atoms with E-state index < -0.39 is 20.6 Å². The molecule has 0 bridgehead atoms. The van der Waals surface area contributed by atoms with Gasteiger partial charge >= 0.3 is 5.63 Å². The van der Waals surface area contributed by atoms with Crippen LogP contribution in [0.1, 0.15) is 11.1 Å². The van der Waals surface area contributed by atoms with Crippen LogP contribution in [0.25, 0.3) is 11.0 Å². The molecule has 1 saturated heterocycles. The first-order valence-corrected chi connectivity index (χ1v) is 11.2. The van der Waals surface area contributed by atoms with Crippen LogP contribution in [0, 0.1) is 17.0 Å². The number of nitro benzene ring substituents is 1. The van der Waals surface area contributed by atoms with E-state index in [-0.39, 0.29) is 23.7 Å². The molecular formula is C21H21N3O6S. The van der Waals surface area contributed by atoms with Crippen molar-refractivity contribution in [3.8, 4) is 0 Å². The van der Waals surface area contributed by atoms with Crippen molar-refractivity contribution in [2.24, 2.45) is 0 Å². The van der Waals surface area contributed by atoms with Gasteiger partial charge in [0.05, 0.1) is 9.82 Å². The van der Waals surface area contributed by atoms with Crippen LogP contribution in [0.3, 0.4) is 0 Å². The van der Waals surface area contributed by atoms with Gasteiger partial charge in [0, 0.05) is 56.3 Å². The van der Waals surface area contributed by atoms with Gasteiger partial charge in [0.2, 0.25) is 10.0 Å². The molecule has 0 N–H and O–H groups in total. The van der Waals surface area contributed by atoms with Gasteiger partial charge in [-0.1, -0.05) is 18.2 Å². The highest BCUT2D eigenvalue weighted by atomic mass is 32.2. The summed E-state index contributed by atoms with van der Waals surface area (Å²) in [5.41, 5.74) is 1.69. The summed E-state index contributed by atoms with van der Waals surface area (Å²) >= 11 is 0. The molecule has 0 spiro atoms. The molecule has 1 aromatic heterocycles. The fraction of sp³-hybridized carbons (Fsp3) is 0.286. The van der Waals surface area contributed by atoms with Crippen molar-refractivity contribution in [3.63, 3.8) is 0 Å². The topological polar surface area (TPSA) is 114 Å². The number of rotatable bonds is 5. The molecule has 0 radical (unpaired) electrons. The standard InChI is InChI=1S/C21H21N3O6S/c1-15-5-6-19-16(12-21(25)30-20(19)11-15)14-22-7-9-23(10-8-22)31(28,29)18-4-2-3-17(13-18)24(26)27/h2-6,11-13H,7-10,14H2,1H3. The van der Waals surface area contributed by atoms with Crippen molar-refractivity contribution < 1.29 is 17.8 Å². The molecule has 2 aromatic carbocycles. The Kier molecular flexibility index (Phi) is 5.61. The van der Waals surface area contributed by atoms with Gasteiger partial charge < -0.3 is 4.42 Å². The van der Waals surface area contributed by atoms with Crippen LogP contribution in [-0.4, -0.2) is 48.7 Å². The second kappa shape index (κ2) is 8.22. The van der Waals surface area contributed by atoms with Crippen LogP contribution < -0.4 is 5.63 Å². The third-order valence-electron chi connectivity index (χ3n) is 5.38. The van der Waals surface area contributed by atoms with Crippen molar-refractivity contribution >= 4 is 26.7 Å². The molecule has 0 unspecified atom stereocenters. The van der Waals surface area contributed by atoms with Crippen LogP contribution in [0.2, 0.25) is 0 Å². The lowest BCUT2D eigenvalue weighted by atomic mass is 10.1. The van der Waals surface area contributed by atoms with Crippen molar-refractivity contribution in [2.45, 2.75) is 18.4 Å². The van der Waals surface area contributed by atoms with Gasteiger partial charge in [-0.3, -0.25) is 15.0 Å². The van der Waals surface area contributed by atoms with Gasteiger partial charge in [0.25, 0.3) is 5.69 Å². The summed E-state index contributed by atoms with van der Waals surface area (Å²) in [6.45, 7) is 3.87. The molecule has 0 aliphatic carbocycles. The smallest absolute Gasteiger partial charge is 0.336 e. The number of non-ortho nitro benzene ring substituents is 1. The Bertz CT molecular complexity index is 1310. The number of hydrogen-bond donors (Lipinski definition) is 0. The van der Waals surface area contributed by atoms with E-state index >= 15 is 0 Å². The van der Waals surface area contributed by atoms with E-state index in [9.17, 15) is 23.3 Å². The van der Waals surface area contributed by atoms with E-state index in [0.717, 1.165) is 22.6 Å². The average Bonchev–Trinajstić information content (AvgIpc) is 2.73. The first-order chi connectivity index (χ1) is 14.7. The maximum Gasteiger partial charge on any atom is 0.336 e. The Hall–Kier alpha value is -3.08. The van der Waals surface area contributed by atoms with Crippen LogP contribution in [0.15, 0.2) is 62.6 Å². The lowest BCUT2D eigenvalue weighted by molar-refractivity contribution is -0.385. The summed E-state index contributed by atoms with van der Waals surface area (Å²) in [5, 5.41) is 11.8. The molecule has 0 saturated carbocycles. The lowest BCUT2D eigenvalue weighted by Gasteiger charge is -2.34. The molecule has 1 aliphatic heterocycles. The third kappa shape index (κ3) is 4.36. The molecule has 10 heteroatoms. The van der Waals surface area contributed by atoms with E-state index in [1.165, 1.54) is 28.6 Å². The SMILES string of the molecule is Cc1ccc2c(CN3CCN(S(=O)(=O)c4cccc([N+](=O)[O-])c4)CC3)cc(=O)oc2c1. The fourth-order valence-corrected chi connectivity index (χ4v) is 5.21. The van der Waals surface area contributed by atoms with E-state index in [1.54, 1.807) is 0 Å². The summed E-state index contributed by atoms with van der Waals surface area (Å²) in [4.78, 5) is 24.3. The minimum atomic E-state index is -3.82. The minimum absolute atomic E-state index is 0.0859. The van der Waals surface area contributed by atoms with Gasteiger partial charge in [0.1, 0.15) is 5.58 Å². The highest BCUT2D eigenvalue weighted by Gasteiger charge is 2.29. The Morgan fingerprint density at radius 2 is 1.81 bits per heavy atom. The maximum absolute atomic E-state index is 12.9. The Morgan fingerprint density at radius 1 is 1.06 bits per heavy atom. The van der Waals surface area contributed by atoms with Crippen LogP contribution in [-0.2, 0) is 16.6 Å². The average molecular weight is 443 g/mol. The van der Waals surface area contributed by atoms with Gasteiger partial charge in [-0.25, -0.2) is 13.2 Å². The van der Waals surface area contributed by atoms with Crippen LogP contribution in [0.4, 0.5) is 5.69 Å². The molecule has 162 valence electrons. The van der Waals surface area contributed by atoms with Crippen molar-refractivity contribution in [2.75, 3.05) is 26.2 Å². The first-order valence-electron chi connectivity index (χ1n) is 9.74. The molecular weight excluding hydrogens is 422 g/mol. The second-order valence-corrected chi connectivity index (χ2v) is 9.46. The van der Waals surface area contributed by atoms with Gasteiger partial charge in [-0.2, -0.15) is 4.31 Å². The van der Waals surface area contributed by atoms with E-state index in [0.29, 0.717) is 25.2 Å². The van der Waals surface area contributed by atoms with E-state index in [1.807, 2.05) is 25.1 Å². The molecule has 3 aromatic rings. The fourth-order valence-electron chi connectivity index (χ4n) is 3.74. The van der Waals surface area contributed by atoms with Crippen LogP contribution >= 0.6 is 0 Å². The summed E-state index contributed by atoms with van der Waals surface area (Å²) in [6, 6.07) is 12.3. The number of fused-ring (bicyclic) bond motifs is 1. The Morgan fingerprint density at radius 3 is 2.52 bits per heavy atom. The van der Waals surface area contributed by atoms with Gasteiger partial charge in [0.15, 0.2) is 0 Å². The first kappa shape index (κ1) is 21.2. The largest absolute Gasteiger partial charge is 0.423 e. The number of aryl methyl sites for hydroxylation is 1. The molecule has 9 nitrogen and oxygen atoms in total. The molecule has 2 heterocycles. The number of sulfonamides is 1. The highest BCUT2D eigenvalue weighted by Crippen LogP contribution is 2.24. The number of hydrogen-bond acceptors (Lipinski definition) is 7. The zero-order chi connectivity index (χ0) is 22.2. The van der Waals surface area contributed by atoms with Crippen molar-refractivity contribution in [3.05, 3.63) is 80.2 Å². The zero-order valence-corrected chi connectivity index (χ0v) is 17.7. The molecule has 0 amide bonds. The summed E-state index contributed by atoms with van der Waals surface area (Å²) < 4.78 is 32.5. The zero-order valence-electron chi connectivity index (χ0n) is 16.9. The Balaban J connectivity index is 1.49.